The van der Waals surface area contributed by atoms with Gasteiger partial charge in [0.1, 0.15) is 6.10 Å². The third-order valence-corrected chi connectivity index (χ3v) is 4.42. The minimum Gasteiger partial charge on any atom is -0.453 e. The Morgan fingerprint density at radius 2 is 2.22 bits per heavy atom. The van der Waals surface area contributed by atoms with Crippen LogP contribution in [0.4, 0.5) is 0 Å². The topological polar surface area (TPSA) is 26.3 Å². The van der Waals surface area contributed by atoms with Gasteiger partial charge in [0, 0.05) is 19.8 Å². The molecule has 2 nitrogen and oxygen atoms in total. The monoisotopic (exact) mass is 344 g/mol. The van der Waals surface area contributed by atoms with Crippen molar-refractivity contribution < 1.29 is 9.53 Å². The van der Waals surface area contributed by atoms with Crippen molar-refractivity contribution in [2.45, 2.75) is 13.0 Å². The second-order valence-electron chi connectivity index (χ2n) is 3.73. The fraction of sp³-hybridized carbons (Fsp3) is 0.154. The number of esters is 1. The highest BCUT2D eigenvalue weighted by molar-refractivity contribution is 9.10. The van der Waals surface area contributed by atoms with Gasteiger partial charge in [-0.25, -0.2) is 4.79 Å². The highest BCUT2D eigenvalue weighted by Crippen LogP contribution is 2.28. The fourth-order valence-corrected chi connectivity index (χ4v) is 3.06. The van der Waals surface area contributed by atoms with Gasteiger partial charge in [-0.2, -0.15) is 0 Å². The Hall–Kier alpha value is -0.840. The standard InChI is InChI=1S/C13H10BrClO2S/c1-8(12-6-10(14)7-18-12)17-13(16)9-3-2-4-11(15)5-9/h2-8H,1H3/t8-/m0/s1. The van der Waals surface area contributed by atoms with Gasteiger partial charge in [0.15, 0.2) is 0 Å². The SMILES string of the molecule is C[C@H](OC(=O)c1cccc(Cl)c1)c1cc(Br)cs1. The van der Waals surface area contributed by atoms with Crippen LogP contribution in [0.3, 0.4) is 0 Å². The largest absolute Gasteiger partial charge is 0.453 e. The summed E-state index contributed by atoms with van der Waals surface area (Å²) in [5.74, 6) is -0.366. The first-order valence-electron chi connectivity index (χ1n) is 5.27. The van der Waals surface area contributed by atoms with Crippen LogP contribution in [0.2, 0.25) is 5.02 Å². The molecule has 0 amide bonds. The first-order valence-corrected chi connectivity index (χ1v) is 7.32. The van der Waals surface area contributed by atoms with Gasteiger partial charge in [0.2, 0.25) is 0 Å². The van der Waals surface area contributed by atoms with Gasteiger partial charge < -0.3 is 4.74 Å². The maximum Gasteiger partial charge on any atom is 0.338 e. The molecule has 0 aliphatic rings. The average molecular weight is 346 g/mol. The molecule has 0 fully saturated rings. The van der Waals surface area contributed by atoms with Crippen LogP contribution in [0, 0.1) is 0 Å². The zero-order valence-corrected chi connectivity index (χ0v) is 12.7. The Labute approximate surface area is 123 Å². The molecule has 0 aliphatic heterocycles. The zero-order chi connectivity index (χ0) is 13.1. The van der Waals surface area contributed by atoms with Gasteiger partial charge in [0.25, 0.3) is 0 Å². The van der Waals surface area contributed by atoms with Crippen molar-refractivity contribution in [3.8, 4) is 0 Å². The number of halogens is 2. The Morgan fingerprint density at radius 1 is 1.44 bits per heavy atom. The summed E-state index contributed by atoms with van der Waals surface area (Å²) in [5.41, 5.74) is 0.463. The second kappa shape index (κ2) is 5.87. The average Bonchev–Trinajstić information content (AvgIpc) is 2.76. The maximum absolute atomic E-state index is 11.9. The van der Waals surface area contributed by atoms with Gasteiger partial charge in [-0.3, -0.25) is 0 Å². The molecule has 18 heavy (non-hydrogen) atoms. The highest BCUT2D eigenvalue weighted by atomic mass is 79.9. The predicted molar refractivity (Wildman–Crippen MR) is 77.3 cm³/mol. The lowest BCUT2D eigenvalue weighted by Crippen LogP contribution is -2.08. The van der Waals surface area contributed by atoms with Crippen molar-refractivity contribution in [3.05, 3.63) is 55.6 Å². The quantitative estimate of drug-likeness (QED) is 0.725. The van der Waals surface area contributed by atoms with Crippen molar-refractivity contribution in [1.82, 2.24) is 0 Å². The van der Waals surface area contributed by atoms with Crippen molar-refractivity contribution in [1.29, 1.82) is 0 Å². The molecule has 0 bridgehead atoms. The van der Waals surface area contributed by atoms with Crippen LogP contribution in [0.5, 0.6) is 0 Å². The summed E-state index contributed by atoms with van der Waals surface area (Å²) in [7, 11) is 0. The molecule has 1 aromatic carbocycles. The van der Waals surface area contributed by atoms with Crippen molar-refractivity contribution in [2.75, 3.05) is 0 Å². The van der Waals surface area contributed by atoms with Gasteiger partial charge >= 0.3 is 5.97 Å². The van der Waals surface area contributed by atoms with E-state index in [-0.39, 0.29) is 12.1 Å². The van der Waals surface area contributed by atoms with E-state index < -0.39 is 0 Å². The van der Waals surface area contributed by atoms with Gasteiger partial charge in [-0.15, -0.1) is 11.3 Å². The fourth-order valence-electron chi connectivity index (χ4n) is 1.44. The Balaban J connectivity index is 2.08. The number of rotatable bonds is 3. The van der Waals surface area contributed by atoms with Crippen LogP contribution in [0.1, 0.15) is 28.3 Å². The zero-order valence-electron chi connectivity index (χ0n) is 9.52. The number of carbonyl (C=O) groups is 1. The lowest BCUT2D eigenvalue weighted by Gasteiger charge is -2.11. The number of benzene rings is 1. The lowest BCUT2D eigenvalue weighted by molar-refractivity contribution is 0.0345. The van der Waals surface area contributed by atoms with Crippen molar-refractivity contribution >= 4 is 44.8 Å². The molecule has 0 unspecified atom stereocenters. The smallest absolute Gasteiger partial charge is 0.338 e. The van der Waals surface area contributed by atoms with E-state index in [9.17, 15) is 4.79 Å². The number of ether oxygens (including phenoxy) is 1. The molecule has 1 aromatic heterocycles. The van der Waals surface area contributed by atoms with Crippen LogP contribution in [0.15, 0.2) is 40.2 Å². The summed E-state index contributed by atoms with van der Waals surface area (Å²) in [6.45, 7) is 1.85. The van der Waals surface area contributed by atoms with E-state index in [1.54, 1.807) is 35.6 Å². The van der Waals surface area contributed by atoms with Crippen molar-refractivity contribution in [2.24, 2.45) is 0 Å². The number of thiophene rings is 1. The van der Waals surface area contributed by atoms with E-state index in [1.807, 2.05) is 18.4 Å². The number of hydrogen-bond donors (Lipinski definition) is 0. The van der Waals surface area contributed by atoms with Crippen LogP contribution in [-0.4, -0.2) is 5.97 Å². The maximum atomic E-state index is 11.9. The van der Waals surface area contributed by atoms with E-state index >= 15 is 0 Å². The lowest BCUT2D eigenvalue weighted by atomic mass is 10.2. The Morgan fingerprint density at radius 3 is 2.83 bits per heavy atom. The molecule has 0 spiro atoms. The first kappa shape index (κ1) is 13.6. The van der Waals surface area contributed by atoms with Gasteiger partial charge in [-0.1, -0.05) is 17.7 Å². The minimum atomic E-state index is -0.366. The molecule has 2 aromatic rings. The second-order valence-corrected chi connectivity index (χ2v) is 6.02. The minimum absolute atomic E-state index is 0.271. The molecule has 1 atom stereocenters. The molecule has 0 saturated heterocycles. The van der Waals surface area contributed by atoms with E-state index in [2.05, 4.69) is 15.9 Å². The van der Waals surface area contributed by atoms with Gasteiger partial charge in [-0.05, 0) is 47.1 Å². The van der Waals surface area contributed by atoms with Crippen molar-refractivity contribution in [3.63, 3.8) is 0 Å². The molecule has 0 radical (unpaired) electrons. The Bertz CT molecular complexity index is 568. The number of carbonyl (C=O) groups excluding carboxylic acids is 1. The molecular weight excluding hydrogens is 336 g/mol. The van der Waals surface area contributed by atoms with E-state index in [1.165, 1.54) is 0 Å². The molecule has 0 saturated carbocycles. The van der Waals surface area contributed by atoms with E-state index in [0.717, 1.165) is 9.35 Å². The van der Waals surface area contributed by atoms with Crippen LogP contribution >= 0.6 is 38.9 Å². The van der Waals surface area contributed by atoms with Crippen LogP contribution < -0.4 is 0 Å². The summed E-state index contributed by atoms with van der Waals surface area (Å²) in [5, 5.41) is 2.48. The summed E-state index contributed by atoms with van der Waals surface area (Å²) in [4.78, 5) is 12.9. The summed E-state index contributed by atoms with van der Waals surface area (Å²) >= 11 is 10.8. The molecule has 1 heterocycles. The molecule has 5 heteroatoms. The molecule has 0 N–H and O–H groups in total. The first-order chi connectivity index (χ1) is 8.56. The molecular formula is C13H10BrClO2S. The number of hydrogen-bond acceptors (Lipinski definition) is 3. The van der Waals surface area contributed by atoms with Gasteiger partial charge in [0.05, 0.1) is 5.56 Å². The Kier molecular flexibility index (Phi) is 4.43. The summed E-state index contributed by atoms with van der Waals surface area (Å²) < 4.78 is 6.38. The molecule has 2 rings (SSSR count). The van der Waals surface area contributed by atoms with E-state index in [4.69, 9.17) is 16.3 Å². The molecule has 94 valence electrons. The highest BCUT2D eigenvalue weighted by Gasteiger charge is 2.15. The summed E-state index contributed by atoms with van der Waals surface area (Å²) in [6.07, 6.45) is -0.271. The van der Waals surface area contributed by atoms with Crippen LogP contribution in [-0.2, 0) is 4.74 Å². The van der Waals surface area contributed by atoms with Crippen LogP contribution in [0.25, 0.3) is 0 Å². The normalized spacial score (nSPS) is 12.2. The third-order valence-electron chi connectivity index (χ3n) is 2.33. The molecule has 0 aliphatic carbocycles. The predicted octanol–water partition coefficient (Wildman–Crippen LogP) is 5.08. The third kappa shape index (κ3) is 3.34. The summed E-state index contributed by atoms with van der Waals surface area (Å²) in [6, 6.07) is 8.68. The van der Waals surface area contributed by atoms with E-state index in [0.29, 0.717) is 10.6 Å².